The van der Waals surface area contributed by atoms with Crippen LogP contribution in [-0.4, -0.2) is 40.3 Å². The van der Waals surface area contributed by atoms with Crippen molar-refractivity contribution in [2.75, 3.05) is 12.4 Å². The summed E-state index contributed by atoms with van der Waals surface area (Å²) in [5.41, 5.74) is 5.64. The summed E-state index contributed by atoms with van der Waals surface area (Å²) in [6.45, 7) is 0.819. The zero-order valence-corrected chi connectivity index (χ0v) is 10.9. The number of carboxylic acid groups (broad SMARTS) is 1. The highest BCUT2D eigenvalue weighted by atomic mass is 32.2. The van der Waals surface area contributed by atoms with Crippen molar-refractivity contribution in [2.24, 2.45) is 5.73 Å². The molecule has 1 saturated carbocycles. The maximum absolute atomic E-state index is 10.7. The van der Waals surface area contributed by atoms with E-state index in [9.17, 15) is 4.79 Å². The highest BCUT2D eigenvalue weighted by molar-refractivity contribution is 8.00. The number of carboxylic acids is 1. The normalized spacial score (nSPS) is 29.4. The lowest BCUT2D eigenvalue weighted by Gasteiger charge is -2.38. The molecule has 0 bridgehead atoms. The fourth-order valence-electron chi connectivity index (χ4n) is 2.80. The van der Waals surface area contributed by atoms with Gasteiger partial charge in [0.25, 0.3) is 0 Å². The lowest BCUT2D eigenvalue weighted by Crippen LogP contribution is -2.40. The van der Waals surface area contributed by atoms with Crippen LogP contribution in [0.4, 0.5) is 0 Å². The molecule has 1 unspecified atom stereocenters. The second kappa shape index (κ2) is 5.59. The number of hydrogen-bond donors (Lipinski definition) is 2. The fourth-order valence-corrected chi connectivity index (χ4v) is 4.11. The van der Waals surface area contributed by atoms with Crippen molar-refractivity contribution in [1.82, 2.24) is 0 Å². The Balaban J connectivity index is 1.79. The van der Waals surface area contributed by atoms with E-state index in [1.807, 2.05) is 0 Å². The largest absolute Gasteiger partial charge is 0.480 e. The molecule has 98 valence electrons. The standard InChI is InChI=1S/C12H21NO3S/c13-10(11(14)15)8-17-9-3-6-16-12(7-9)4-1-2-5-12/h9-10H,1-8,13H2,(H,14,15)/t9?,10-/m1/s1. The van der Waals surface area contributed by atoms with Crippen LogP contribution in [0.15, 0.2) is 0 Å². The average molecular weight is 259 g/mol. The van der Waals surface area contributed by atoms with Gasteiger partial charge in [-0.3, -0.25) is 4.79 Å². The van der Waals surface area contributed by atoms with Crippen LogP contribution in [0.5, 0.6) is 0 Å². The van der Waals surface area contributed by atoms with Crippen LogP contribution in [0.1, 0.15) is 38.5 Å². The van der Waals surface area contributed by atoms with E-state index in [4.69, 9.17) is 15.6 Å². The van der Waals surface area contributed by atoms with E-state index >= 15 is 0 Å². The Kier molecular flexibility index (Phi) is 4.33. The summed E-state index contributed by atoms with van der Waals surface area (Å²) in [7, 11) is 0. The van der Waals surface area contributed by atoms with Gasteiger partial charge in [0.1, 0.15) is 6.04 Å². The molecule has 1 saturated heterocycles. The van der Waals surface area contributed by atoms with Crippen molar-refractivity contribution in [3.05, 3.63) is 0 Å². The van der Waals surface area contributed by atoms with E-state index in [1.54, 1.807) is 11.8 Å². The molecule has 1 aliphatic carbocycles. The first-order valence-electron chi connectivity index (χ1n) is 6.35. The van der Waals surface area contributed by atoms with Gasteiger partial charge < -0.3 is 15.6 Å². The Morgan fingerprint density at radius 3 is 2.88 bits per heavy atom. The number of aliphatic carboxylic acids is 1. The van der Waals surface area contributed by atoms with E-state index in [0.717, 1.165) is 19.4 Å². The number of hydrogen-bond acceptors (Lipinski definition) is 4. The van der Waals surface area contributed by atoms with Crippen molar-refractivity contribution >= 4 is 17.7 Å². The molecule has 0 aromatic rings. The Morgan fingerprint density at radius 2 is 2.24 bits per heavy atom. The highest BCUT2D eigenvalue weighted by Crippen LogP contribution is 2.42. The molecular weight excluding hydrogens is 238 g/mol. The predicted octanol–water partition coefficient (Wildman–Crippen LogP) is 1.62. The molecule has 1 spiro atoms. The Morgan fingerprint density at radius 1 is 1.53 bits per heavy atom. The maximum Gasteiger partial charge on any atom is 0.321 e. The highest BCUT2D eigenvalue weighted by Gasteiger charge is 2.40. The second-order valence-corrected chi connectivity index (χ2v) is 6.46. The van der Waals surface area contributed by atoms with E-state index in [-0.39, 0.29) is 5.60 Å². The molecule has 0 aromatic heterocycles. The molecule has 2 fully saturated rings. The molecule has 3 N–H and O–H groups in total. The Labute approximate surface area is 106 Å². The van der Waals surface area contributed by atoms with Gasteiger partial charge in [-0.25, -0.2) is 0 Å². The number of ether oxygens (including phenoxy) is 1. The summed E-state index contributed by atoms with van der Waals surface area (Å²) >= 11 is 1.71. The van der Waals surface area contributed by atoms with Crippen LogP contribution in [0.3, 0.4) is 0 Å². The minimum Gasteiger partial charge on any atom is -0.480 e. The van der Waals surface area contributed by atoms with Crippen LogP contribution >= 0.6 is 11.8 Å². The molecule has 2 rings (SSSR count). The van der Waals surface area contributed by atoms with E-state index in [2.05, 4.69) is 0 Å². The van der Waals surface area contributed by atoms with E-state index < -0.39 is 12.0 Å². The van der Waals surface area contributed by atoms with Gasteiger partial charge in [-0.05, 0) is 25.7 Å². The summed E-state index contributed by atoms with van der Waals surface area (Å²) in [6, 6.07) is -0.734. The maximum atomic E-state index is 10.7. The summed E-state index contributed by atoms with van der Waals surface area (Å²) < 4.78 is 5.95. The SMILES string of the molecule is N[C@H](CSC1CCOC2(CCCC2)C1)C(=O)O. The van der Waals surface area contributed by atoms with E-state index in [1.165, 1.54) is 25.7 Å². The van der Waals surface area contributed by atoms with Gasteiger partial charge in [0.05, 0.1) is 5.60 Å². The van der Waals surface area contributed by atoms with Crippen molar-refractivity contribution in [3.63, 3.8) is 0 Å². The van der Waals surface area contributed by atoms with Gasteiger partial charge in [0.2, 0.25) is 0 Å². The van der Waals surface area contributed by atoms with Crippen molar-refractivity contribution in [1.29, 1.82) is 0 Å². The van der Waals surface area contributed by atoms with Crippen LogP contribution in [0, 0.1) is 0 Å². The first-order chi connectivity index (χ1) is 8.11. The molecule has 1 aliphatic heterocycles. The number of nitrogens with two attached hydrogens (primary N) is 1. The predicted molar refractivity (Wildman–Crippen MR) is 68.2 cm³/mol. The van der Waals surface area contributed by atoms with Crippen LogP contribution < -0.4 is 5.73 Å². The zero-order valence-electron chi connectivity index (χ0n) is 10.1. The lowest BCUT2D eigenvalue weighted by molar-refractivity contribution is -0.137. The molecule has 4 nitrogen and oxygen atoms in total. The van der Waals surface area contributed by atoms with E-state index in [0.29, 0.717) is 11.0 Å². The minimum absolute atomic E-state index is 0.114. The molecule has 2 atom stereocenters. The van der Waals surface area contributed by atoms with Gasteiger partial charge in [-0.2, -0.15) is 11.8 Å². The summed E-state index contributed by atoms with van der Waals surface area (Å²) in [4.78, 5) is 10.7. The molecular formula is C12H21NO3S. The summed E-state index contributed by atoms with van der Waals surface area (Å²) in [5, 5.41) is 9.27. The monoisotopic (exact) mass is 259 g/mol. The molecule has 2 aliphatic rings. The minimum atomic E-state index is -0.903. The van der Waals surface area contributed by atoms with Crippen LogP contribution in [-0.2, 0) is 9.53 Å². The second-order valence-electron chi connectivity index (χ2n) is 5.13. The smallest absolute Gasteiger partial charge is 0.321 e. The van der Waals surface area contributed by atoms with Crippen molar-refractivity contribution < 1.29 is 14.6 Å². The molecule has 0 amide bonds. The topological polar surface area (TPSA) is 72.5 Å². The molecule has 1 heterocycles. The Bertz CT molecular complexity index is 279. The lowest BCUT2D eigenvalue weighted by atomic mass is 9.92. The third-order valence-corrected chi connectivity index (χ3v) is 5.22. The number of rotatable bonds is 4. The number of carbonyl (C=O) groups is 1. The molecule has 5 heteroatoms. The van der Waals surface area contributed by atoms with Gasteiger partial charge in [-0.15, -0.1) is 0 Å². The van der Waals surface area contributed by atoms with Gasteiger partial charge in [0, 0.05) is 17.6 Å². The van der Waals surface area contributed by atoms with Gasteiger partial charge in [0.15, 0.2) is 0 Å². The first kappa shape index (κ1) is 13.2. The van der Waals surface area contributed by atoms with Crippen LogP contribution in [0.2, 0.25) is 0 Å². The molecule has 17 heavy (non-hydrogen) atoms. The Hall–Kier alpha value is -0.260. The van der Waals surface area contributed by atoms with Gasteiger partial charge >= 0.3 is 5.97 Å². The third-order valence-electron chi connectivity index (χ3n) is 3.79. The molecule has 0 aromatic carbocycles. The summed E-state index contributed by atoms with van der Waals surface area (Å²) in [5.74, 6) is -0.393. The number of thioether (sulfide) groups is 1. The van der Waals surface area contributed by atoms with Crippen molar-refractivity contribution in [3.8, 4) is 0 Å². The van der Waals surface area contributed by atoms with Crippen LogP contribution in [0.25, 0.3) is 0 Å². The summed E-state index contributed by atoms with van der Waals surface area (Å²) in [6.07, 6.45) is 6.99. The quantitative estimate of drug-likeness (QED) is 0.802. The fraction of sp³-hybridized carbons (Fsp3) is 0.917. The zero-order chi connectivity index (χ0) is 12.3. The van der Waals surface area contributed by atoms with Gasteiger partial charge in [-0.1, -0.05) is 12.8 Å². The first-order valence-corrected chi connectivity index (χ1v) is 7.40. The molecule has 0 radical (unpaired) electrons. The average Bonchev–Trinajstić information content (AvgIpc) is 2.74. The van der Waals surface area contributed by atoms with Crippen molar-refractivity contribution in [2.45, 2.75) is 55.4 Å². The third kappa shape index (κ3) is 3.36.